The molecule has 8 nitrogen and oxygen atoms in total. The van der Waals surface area contributed by atoms with Gasteiger partial charge < -0.3 is 5.32 Å². The van der Waals surface area contributed by atoms with E-state index < -0.39 is 14.9 Å². The van der Waals surface area contributed by atoms with Crippen LogP contribution in [0.1, 0.15) is 38.5 Å². The van der Waals surface area contributed by atoms with Gasteiger partial charge in [0.2, 0.25) is 15.9 Å². The van der Waals surface area contributed by atoms with Crippen LogP contribution in [0.5, 0.6) is 0 Å². The number of amides is 1. The molecule has 0 saturated heterocycles. The molecule has 0 aromatic heterocycles. The van der Waals surface area contributed by atoms with Crippen LogP contribution in [-0.2, 0) is 14.8 Å². The van der Waals surface area contributed by atoms with Gasteiger partial charge in [-0.15, -0.1) is 0 Å². The topological polar surface area (TPSA) is 118 Å². The largest absolute Gasteiger partial charge is 0.353 e. The van der Waals surface area contributed by atoms with Crippen LogP contribution in [0.2, 0.25) is 0 Å². The van der Waals surface area contributed by atoms with E-state index in [9.17, 15) is 23.3 Å². The Morgan fingerprint density at radius 3 is 2.38 bits per heavy atom. The molecule has 0 unspecified atom stereocenters. The van der Waals surface area contributed by atoms with Crippen molar-refractivity contribution in [3.05, 3.63) is 34.4 Å². The number of hydrogen-bond donors (Lipinski definition) is 2. The summed E-state index contributed by atoms with van der Waals surface area (Å²) in [5.74, 6) is -0.173. The normalized spacial score (nSPS) is 15.8. The van der Waals surface area contributed by atoms with Gasteiger partial charge in [-0.1, -0.05) is 19.3 Å². The average molecular weight is 355 g/mol. The summed E-state index contributed by atoms with van der Waals surface area (Å²) in [5, 5.41) is 13.5. The first-order valence-electron chi connectivity index (χ1n) is 7.92. The van der Waals surface area contributed by atoms with E-state index in [1.807, 2.05) is 0 Å². The molecule has 0 heterocycles. The first-order valence-corrected chi connectivity index (χ1v) is 9.40. The minimum absolute atomic E-state index is 0.0160. The van der Waals surface area contributed by atoms with Gasteiger partial charge in [-0.25, -0.2) is 13.1 Å². The zero-order valence-corrected chi connectivity index (χ0v) is 14.0. The molecule has 0 atom stereocenters. The minimum Gasteiger partial charge on any atom is -0.353 e. The van der Waals surface area contributed by atoms with Crippen LogP contribution in [0.4, 0.5) is 5.69 Å². The smallest absolute Gasteiger partial charge is 0.269 e. The third kappa shape index (κ3) is 5.27. The van der Waals surface area contributed by atoms with Gasteiger partial charge in [-0.05, 0) is 25.0 Å². The maximum atomic E-state index is 12.1. The molecule has 0 radical (unpaired) electrons. The second kappa shape index (κ2) is 8.20. The molecule has 1 saturated carbocycles. The van der Waals surface area contributed by atoms with Gasteiger partial charge in [0.1, 0.15) is 0 Å². The van der Waals surface area contributed by atoms with Crippen molar-refractivity contribution in [2.75, 3.05) is 6.54 Å². The number of carbonyl (C=O) groups is 1. The fraction of sp³-hybridized carbons (Fsp3) is 0.533. The van der Waals surface area contributed by atoms with Crippen LogP contribution in [0, 0.1) is 10.1 Å². The third-order valence-electron chi connectivity index (χ3n) is 3.97. The number of hydrogen-bond acceptors (Lipinski definition) is 5. The molecule has 0 bridgehead atoms. The van der Waals surface area contributed by atoms with Crippen molar-refractivity contribution in [2.45, 2.75) is 49.5 Å². The van der Waals surface area contributed by atoms with Crippen LogP contribution in [0.25, 0.3) is 0 Å². The predicted octanol–water partition coefficient (Wildman–Crippen LogP) is 1.71. The Labute approximate surface area is 140 Å². The van der Waals surface area contributed by atoms with Gasteiger partial charge in [0.15, 0.2) is 0 Å². The average Bonchev–Trinajstić information content (AvgIpc) is 2.55. The zero-order chi connectivity index (χ0) is 17.6. The highest BCUT2D eigenvalue weighted by atomic mass is 32.2. The van der Waals surface area contributed by atoms with E-state index in [2.05, 4.69) is 10.0 Å². The molecule has 24 heavy (non-hydrogen) atoms. The van der Waals surface area contributed by atoms with Crippen molar-refractivity contribution in [1.82, 2.24) is 10.0 Å². The van der Waals surface area contributed by atoms with E-state index in [1.165, 1.54) is 18.6 Å². The molecule has 1 aliphatic carbocycles. The summed E-state index contributed by atoms with van der Waals surface area (Å²) in [6.07, 6.45) is 5.42. The molecule has 0 spiro atoms. The van der Waals surface area contributed by atoms with Gasteiger partial charge in [0.25, 0.3) is 5.69 Å². The van der Waals surface area contributed by atoms with Crippen LogP contribution in [0.15, 0.2) is 29.2 Å². The van der Waals surface area contributed by atoms with Crippen LogP contribution in [-0.4, -0.2) is 31.8 Å². The molecule has 1 aromatic carbocycles. The molecule has 2 N–H and O–H groups in total. The van der Waals surface area contributed by atoms with E-state index in [0.29, 0.717) is 0 Å². The summed E-state index contributed by atoms with van der Waals surface area (Å²) in [5.41, 5.74) is -0.180. The summed E-state index contributed by atoms with van der Waals surface area (Å²) in [6, 6.07) is 4.79. The maximum absolute atomic E-state index is 12.1. The lowest BCUT2D eigenvalue weighted by Gasteiger charge is -2.22. The molecular formula is C15H21N3O5S. The molecule has 1 aromatic rings. The highest BCUT2D eigenvalue weighted by molar-refractivity contribution is 7.89. The number of rotatable bonds is 7. The lowest BCUT2D eigenvalue weighted by atomic mass is 9.95. The quantitative estimate of drug-likeness (QED) is 0.570. The fourth-order valence-corrected chi connectivity index (χ4v) is 3.71. The Balaban J connectivity index is 1.81. The van der Waals surface area contributed by atoms with Crippen molar-refractivity contribution in [3.8, 4) is 0 Å². The molecule has 132 valence electrons. The lowest BCUT2D eigenvalue weighted by Crippen LogP contribution is -2.38. The summed E-state index contributed by atoms with van der Waals surface area (Å²) in [6.45, 7) is -0.0160. The van der Waals surface area contributed by atoms with Gasteiger partial charge in [-0.3, -0.25) is 14.9 Å². The Morgan fingerprint density at radius 2 is 1.79 bits per heavy atom. The number of nitro benzene ring substituents is 1. The lowest BCUT2D eigenvalue weighted by molar-refractivity contribution is -0.384. The van der Waals surface area contributed by atoms with Crippen LogP contribution in [0.3, 0.4) is 0 Å². The van der Waals surface area contributed by atoms with E-state index >= 15 is 0 Å². The number of non-ortho nitro benzene ring substituents is 1. The highest BCUT2D eigenvalue weighted by Crippen LogP contribution is 2.17. The van der Waals surface area contributed by atoms with E-state index in [1.54, 1.807) is 0 Å². The van der Waals surface area contributed by atoms with Crippen LogP contribution < -0.4 is 10.0 Å². The summed E-state index contributed by atoms with van der Waals surface area (Å²) in [7, 11) is -3.78. The van der Waals surface area contributed by atoms with Gasteiger partial charge >= 0.3 is 0 Å². The number of nitrogens with one attached hydrogen (secondary N) is 2. The van der Waals surface area contributed by atoms with Crippen LogP contribution >= 0.6 is 0 Å². The number of carbonyl (C=O) groups excluding carboxylic acids is 1. The van der Waals surface area contributed by atoms with Gasteiger partial charge in [0, 0.05) is 31.1 Å². The van der Waals surface area contributed by atoms with E-state index in [0.717, 1.165) is 37.8 Å². The molecule has 9 heteroatoms. The predicted molar refractivity (Wildman–Crippen MR) is 87.9 cm³/mol. The van der Waals surface area contributed by atoms with Crippen molar-refractivity contribution in [1.29, 1.82) is 0 Å². The minimum atomic E-state index is -3.78. The highest BCUT2D eigenvalue weighted by Gasteiger charge is 2.18. The summed E-state index contributed by atoms with van der Waals surface area (Å²) < 4.78 is 26.5. The zero-order valence-electron chi connectivity index (χ0n) is 13.2. The van der Waals surface area contributed by atoms with Crippen molar-refractivity contribution in [3.63, 3.8) is 0 Å². The third-order valence-corrected chi connectivity index (χ3v) is 5.45. The SMILES string of the molecule is O=C(CCNS(=O)(=O)c1ccc([N+](=O)[O-])cc1)NC1CCCCC1. The van der Waals surface area contributed by atoms with E-state index in [4.69, 9.17) is 0 Å². The van der Waals surface area contributed by atoms with Crippen molar-refractivity contribution >= 4 is 21.6 Å². The first-order chi connectivity index (χ1) is 11.4. The Hall–Kier alpha value is -2.00. The summed E-state index contributed by atoms with van der Waals surface area (Å²) >= 11 is 0. The Bertz CT molecular complexity index is 682. The number of nitrogens with zero attached hydrogens (tertiary/aromatic N) is 1. The van der Waals surface area contributed by atoms with Crippen molar-refractivity contribution < 1.29 is 18.1 Å². The molecular weight excluding hydrogens is 334 g/mol. The second-order valence-corrected chi connectivity index (χ2v) is 7.57. The molecule has 1 fully saturated rings. The Morgan fingerprint density at radius 1 is 1.17 bits per heavy atom. The molecule has 2 rings (SSSR count). The van der Waals surface area contributed by atoms with E-state index in [-0.39, 0.29) is 35.5 Å². The number of nitro groups is 1. The fourth-order valence-electron chi connectivity index (χ4n) is 2.68. The van der Waals surface area contributed by atoms with Crippen molar-refractivity contribution in [2.24, 2.45) is 0 Å². The molecule has 1 aliphatic rings. The number of sulfonamides is 1. The number of benzene rings is 1. The first kappa shape index (κ1) is 18.3. The van der Waals surface area contributed by atoms with Gasteiger partial charge in [0.05, 0.1) is 9.82 Å². The molecule has 0 aliphatic heterocycles. The maximum Gasteiger partial charge on any atom is 0.269 e. The standard InChI is InChI=1S/C15H21N3O5S/c19-15(17-12-4-2-1-3-5-12)10-11-16-24(22,23)14-8-6-13(7-9-14)18(20)21/h6-9,12,16H,1-5,10-11H2,(H,17,19). The second-order valence-electron chi connectivity index (χ2n) is 5.80. The summed E-state index contributed by atoms with van der Waals surface area (Å²) in [4.78, 5) is 21.7. The molecule has 1 amide bonds. The Kier molecular flexibility index (Phi) is 6.27. The monoisotopic (exact) mass is 355 g/mol. The van der Waals surface area contributed by atoms with Gasteiger partial charge in [-0.2, -0.15) is 0 Å².